The largest absolute Gasteiger partial charge is 0.374 e. The zero-order valence-corrected chi connectivity index (χ0v) is 13.6. The standard InChI is InChI=1S/C14H18N4OS2/c1-9(2)11-5-3-10(4-6-11)7-16-12(19)8-20-14-18-17-13(15)21-14/h3-6,9H,7-8H2,1-2H3,(H2,15,17)(H,16,19). The molecule has 0 saturated carbocycles. The fraction of sp³-hybridized carbons (Fsp3) is 0.357. The van der Waals surface area contributed by atoms with Crippen molar-refractivity contribution in [2.24, 2.45) is 0 Å². The van der Waals surface area contributed by atoms with E-state index in [1.54, 1.807) is 0 Å². The molecule has 1 aromatic carbocycles. The number of aromatic nitrogens is 2. The van der Waals surface area contributed by atoms with Crippen LogP contribution in [0.25, 0.3) is 0 Å². The molecule has 3 N–H and O–H groups in total. The number of carbonyl (C=O) groups excluding carboxylic acids is 1. The molecule has 7 heteroatoms. The van der Waals surface area contributed by atoms with Gasteiger partial charge in [-0.2, -0.15) is 0 Å². The van der Waals surface area contributed by atoms with Gasteiger partial charge in [0.25, 0.3) is 0 Å². The van der Waals surface area contributed by atoms with Gasteiger partial charge < -0.3 is 11.1 Å². The van der Waals surface area contributed by atoms with Crippen LogP contribution in [0.5, 0.6) is 0 Å². The van der Waals surface area contributed by atoms with E-state index in [4.69, 9.17) is 5.73 Å². The third-order valence-corrected chi connectivity index (χ3v) is 4.77. The normalized spacial score (nSPS) is 10.8. The van der Waals surface area contributed by atoms with Crippen LogP contribution in [0.15, 0.2) is 28.6 Å². The lowest BCUT2D eigenvalue weighted by atomic mass is 10.0. The Bertz CT molecular complexity index is 595. The topological polar surface area (TPSA) is 80.9 Å². The number of amides is 1. The number of nitrogens with one attached hydrogen (secondary N) is 1. The maximum Gasteiger partial charge on any atom is 0.230 e. The number of nitrogen functional groups attached to an aromatic ring is 1. The SMILES string of the molecule is CC(C)c1ccc(CNC(=O)CSc2nnc(N)s2)cc1. The minimum Gasteiger partial charge on any atom is -0.374 e. The molecule has 0 saturated heterocycles. The molecule has 1 amide bonds. The summed E-state index contributed by atoms with van der Waals surface area (Å²) in [7, 11) is 0. The van der Waals surface area contributed by atoms with Crippen molar-refractivity contribution >= 4 is 34.1 Å². The van der Waals surface area contributed by atoms with E-state index in [0.717, 1.165) is 5.56 Å². The molecule has 2 aromatic rings. The first-order chi connectivity index (χ1) is 10.0. The maximum atomic E-state index is 11.8. The Morgan fingerprint density at radius 2 is 2.05 bits per heavy atom. The van der Waals surface area contributed by atoms with Crippen LogP contribution >= 0.6 is 23.1 Å². The van der Waals surface area contributed by atoms with E-state index >= 15 is 0 Å². The summed E-state index contributed by atoms with van der Waals surface area (Å²) in [5.74, 6) is 0.810. The van der Waals surface area contributed by atoms with Crippen molar-refractivity contribution in [1.82, 2.24) is 15.5 Å². The van der Waals surface area contributed by atoms with Crippen molar-refractivity contribution in [3.8, 4) is 0 Å². The molecular weight excluding hydrogens is 304 g/mol. The maximum absolute atomic E-state index is 11.8. The van der Waals surface area contributed by atoms with Gasteiger partial charge in [0, 0.05) is 6.54 Å². The molecule has 5 nitrogen and oxygen atoms in total. The van der Waals surface area contributed by atoms with E-state index < -0.39 is 0 Å². The number of nitrogens with zero attached hydrogens (tertiary/aromatic N) is 2. The quantitative estimate of drug-likeness (QED) is 0.799. The number of rotatable bonds is 6. The minimum atomic E-state index is -0.0262. The Kier molecular flexibility index (Phi) is 5.58. The van der Waals surface area contributed by atoms with Gasteiger partial charge >= 0.3 is 0 Å². The number of anilines is 1. The number of nitrogens with two attached hydrogens (primary N) is 1. The van der Waals surface area contributed by atoms with E-state index in [1.165, 1.54) is 28.7 Å². The minimum absolute atomic E-state index is 0.0262. The van der Waals surface area contributed by atoms with Gasteiger partial charge in [0.1, 0.15) is 0 Å². The average Bonchev–Trinajstić information content (AvgIpc) is 2.89. The molecule has 0 atom stereocenters. The third kappa shape index (κ3) is 5.02. The first-order valence-electron chi connectivity index (χ1n) is 6.62. The van der Waals surface area contributed by atoms with E-state index in [-0.39, 0.29) is 5.91 Å². The highest BCUT2D eigenvalue weighted by atomic mass is 32.2. The molecule has 21 heavy (non-hydrogen) atoms. The lowest BCUT2D eigenvalue weighted by Gasteiger charge is -2.08. The molecule has 0 aliphatic heterocycles. The van der Waals surface area contributed by atoms with Gasteiger partial charge in [0.2, 0.25) is 11.0 Å². The summed E-state index contributed by atoms with van der Waals surface area (Å²) in [4.78, 5) is 11.8. The monoisotopic (exact) mass is 322 g/mol. The molecule has 112 valence electrons. The van der Waals surface area contributed by atoms with Crippen molar-refractivity contribution in [1.29, 1.82) is 0 Å². The summed E-state index contributed by atoms with van der Waals surface area (Å²) >= 11 is 2.63. The number of benzene rings is 1. The fourth-order valence-electron chi connectivity index (χ4n) is 1.68. The van der Waals surface area contributed by atoms with Crippen LogP contribution in [0.2, 0.25) is 0 Å². The molecule has 0 bridgehead atoms. The third-order valence-electron chi connectivity index (χ3n) is 2.88. The molecule has 1 aromatic heterocycles. The highest BCUT2D eigenvalue weighted by Gasteiger charge is 2.07. The second-order valence-electron chi connectivity index (χ2n) is 4.87. The van der Waals surface area contributed by atoms with Crippen molar-refractivity contribution in [3.05, 3.63) is 35.4 Å². The highest BCUT2D eigenvalue weighted by Crippen LogP contribution is 2.23. The van der Waals surface area contributed by atoms with E-state index in [0.29, 0.717) is 27.7 Å². The average molecular weight is 322 g/mol. The van der Waals surface area contributed by atoms with Crippen LogP contribution in [0.3, 0.4) is 0 Å². The van der Waals surface area contributed by atoms with E-state index in [2.05, 4.69) is 41.5 Å². The van der Waals surface area contributed by atoms with Crippen LogP contribution < -0.4 is 11.1 Å². The van der Waals surface area contributed by atoms with Gasteiger partial charge in [0.05, 0.1) is 5.75 Å². The predicted molar refractivity (Wildman–Crippen MR) is 87.4 cm³/mol. The molecule has 0 radical (unpaired) electrons. The molecule has 0 aliphatic rings. The van der Waals surface area contributed by atoms with Crippen molar-refractivity contribution < 1.29 is 4.79 Å². The molecule has 0 aliphatic carbocycles. The van der Waals surface area contributed by atoms with Gasteiger partial charge in [-0.25, -0.2) is 0 Å². The van der Waals surface area contributed by atoms with Crippen LogP contribution in [0.4, 0.5) is 5.13 Å². The molecular formula is C14H18N4OS2. The van der Waals surface area contributed by atoms with Crippen molar-refractivity contribution in [2.45, 2.75) is 30.6 Å². The highest BCUT2D eigenvalue weighted by molar-refractivity contribution is 8.01. The van der Waals surface area contributed by atoms with Crippen LogP contribution in [-0.4, -0.2) is 21.9 Å². The number of carbonyl (C=O) groups is 1. The molecule has 1 heterocycles. The number of hydrogen-bond acceptors (Lipinski definition) is 6. The summed E-state index contributed by atoms with van der Waals surface area (Å²) in [6.07, 6.45) is 0. The van der Waals surface area contributed by atoms with Gasteiger partial charge in [-0.15, -0.1) is 10.2 Å². The predicted octanol–water partition coefficient (Wildman–Crippen LogP) is 2.65. The second-order valence-corrected chi connectivity index (χ2v) is 7.10. The molecule has 0 spiro atoms. The Labute approximate surface area is 132 Å². The second kappa shape index (κ2) is 7.42. The van der Waals surface area contributed by atoms with Crippen LogP contribution in [-0.2, 0) is 11.3 Å². The Morgan fingerprint density at radius 1 is 1.33 bits per heavy atom. The summed E-state index contributed by atoms with van der Waals surface area (Å²) in [5, 5.41) is 10.9. The Hall–Kier alpha value is -1.60. The summed E-state index contributed by atoms with van der Waals surface area (Å²) in [6, 6.07) is 8.30. The molecule has 0 fully saturated rings. The van der Waals surface area contributed by atoms with Gasteiger partial charge in [-0.3, -0.25) is 4.79 Å². The first-order valence-corrected chi connectivity index (χ1v) is 8.42. The Morgan fingerprint density at radius 3 is 2.62 bits per heavy atom. The summed E-state index contributed by atoms with van der Waals surface area (Å²) < 4.78 is 0.712. The lowest BCUT2D eigenvalue weighted by Crippen LogP contribution is -2.24. The first kappa shape index (κ1) is 15.8. The zero-order chi connectivity index (χ0) is 15.2. The summed E-state index contributed by atoms with van der Waals surface area (Å²) in [6.45, 7) is 4.86. The van der Waals surface area contributed by atoms with Crippen molar-refractivity contribution in [3.63, 3.8) is 0 Å². The number of hydrogen-bond donors (Lipinski definition) is 2. The van der Waals surface area contributed by atoms with E-state index in [9.17, 15) is 4.79 Å². The van der Waals surface area contributed by atoms with Crippen molar-refractivity contribution in [2.75, 3.05) is 11.5 Å². The van der Waals surface area contributed by atoms with Gasteiger partial charge in [-0.05, 0) is 17.0 Å². The molecule has 0 unspecified atom stereocenters. The lowest BCUT2D eigenvalue weighted by molar-refractivity contribution is -0.118. The summed E-state index contributed by atoms with van der Waals surface area (Å²) in [5.41, 5.74) is 7.88. The number of thioether (sulfide) groups is 1. The smallest absolute Gasteiger partial charge is 0.230 e. The van der Waals surface area contributed by atoms with Gasteiger partial charge in [0.15, 0.2) is 4.34 Å². The van der Waals surface area contributed by atoms with E-state index in [1.807, 2.05) is 12.1 Å². The molecule has 2 rings (SSSR count). The fourth-order valence-corrected chi connectivity index (χ4v) is 3.14. The zero-order valence-electron chi connectivity index (χ0n) is 12.0. The Balaban J connectivity index is 1.75. The van der Waals surface area contributed by atoms with Gasteiger partial charge in [-0.1, -0.05) is 61.2 Å². The van der Waals surface area contributed by atoms with Crippen LogP contribution in [0, 0.1) is 0 Å². The van der Waals surface area contributed by atoms with Crippen LogP contribution in [0.1, 0.15) is 30.9 Å².